The number of rotatable bonds is 12. The number of methoxy groups -OCH3 is 2. The second-order valence-electron chi connectivity index (χ2n) is 5.82. The molecule has 0 amide bonds. The summed E-state index contributed by atoms with van der Waals surface area (Å²) in [6.07, 6.45) is 0.336. The van der Waals surface area contributed by atoms with E-state index in [0.717, 1.165) is 0 Å². The first-order valence-corrected chi connectivity index (χ1v) is 10.2. The molecule has 0 radical (unpaired) electrons. The summed E-state index contributed by atoms with van der Waals surface area (Å²) in [5.41, 5.74) is 0.702. The highest BCUT2D eigenvalue weighted by atomic mass is 32.2. The van der Waals surface area contributed by atoms with Crippen molar-refractivity contribution in [1.29, 1.82) is 0 Å². The maximum Gasteiger partial charge on any atom is 0.387 e. The van der Waals surface area contributed by atoms with Gasteiger partial charge in [0.2, 0.25) is 10.0 Å². The maximum absolute atomic E-state index is 12.4. The fourth-order valence-electron chi connectivity index (χ4n) is 2.43. The average Bonchev–Trinajstić information content (AvgIpc) is 2.69. The molecule has 0 heterocycles. The molecular weight excluding hydrogens is 408 g/mol. The predicted molar refractivity (Wildman–Crippen MR) is 102 cm³/mol. The van der Waals surface area contributed by atoms with E-state index in [-0.39, 0.29) is 22.9 Å². The molecule has 7 nitrogen and oxygen atoms in total. The van der Waals surface area contributed by atoms with Crippen molar-refractivity contribution in [2.24, 2.45) is 0 Å². The average molecular weight is 431 g/mol. The van der Waals surface area contributed by atoms with Gasteiger partial charge >= 0.3 is 6.61 Å². The number of ether oxygens (including phenoxy) is 4. The maximum atomic E-state index is 12.4. The van der Waals surface area contributed by atoms with Crippen LogP contribution in [0.25, 0.3) is 0 Å². The molecule has 0 spiro atoms. The lowest BCUT2D eigenvalue weighted by Crippen LogP contribution is -2.26. The molecule has 2 rings (SSSR count). The van der Waals surface area contributed by atoms with Gasteiger partial charge in [-0.15, -0.1) is 0 Å². The van der Waals surface area contributed by atoms with E-state index >= 15 is 0 Å². The minimum absolute atomic E-state index is 0.0837. The summed E-state index contributed by atoms with van der Waals surface area (Å²) < 4.78 is 71.7. The van der Waals surface area contributed by atoms with Gasteiger partial charge in [0.25, 0.3) is 0 Å². The van der Waals surface area contributed by atoms with Crippen LogP contribution in [-0.4, -0.2) is 49.0 Å². The third kappa shape index (κ3) is 7.15. The Bertz CT molecular complexity index is 875. The Morgan fingerprint density at radius 3 is 2.34 bits per heavy atom. The number of halogens is 2. The van der Waals surface area contributed by atoms with Gasteiger partial charge in [-0.3, -0.25) is 0 Å². The van der Waals surface area contributed by atoms with Gasteiger partial charge in [0.05, 0.1) is 18.6 Å². The Balaban J connectivity index is 1.93. The summed E-state index contributed by atoms with van der Waals surface area (Å²) >= 11 is 0. The number of alkyl halides is 2. The van der Waals surface area contributed by atoms with Crippen LogP contribution in [-0.2, 0) is 21.2 Å². The summed E-state index contributed by atoms with van der Waals surface area (Å²) in [4.78, 5) is 0.106. The number of nitrogens with one attached hydrogen (secondary N) is 1. The van der Waals surface area contributed by atoms with Gasteiger partial charge in [0.15, 0.2) is 11.5 Å². The van der Waals surface area contributed by atoms with Crippen molar-refractivity contribution in [3.8, 4) is 17.2 Å². The van der Waals surface area contributed by atoms with Gasteiger partial charge in [-0.1, -0.05) is 6.07 Å². The number of sulfonamides is 1. The highest BCUT2D eigenvalue weighted by Gasteiger charge is 2.15. The van der Waals surface area contributed by atoms with Crippen LogP contribution in [0.15, 0.2) is 47.4 Å². The SMILES string of the molecule is COCCOc1ccc(S(=O)(=O)NCCc2ccc(OC(F)F)c(OC)c2)cc1. The van der Waals surface area contributed by atoms with Gasteiger partial charge < -0.3 is 18.9 Å². The van der Waals surface area contributed by atoms with Gasteiger partial charge in [-0.2, -0.15) is 8.78 Å². The zero-order valence-corrected chi connectivity index (χ0v) is 16.9. The summed E-state index contributed by atoms with van der Waals surface area (Å²) in [7, 11) is -0.799. The fraction of sp³-hybridized carbons (Fsp3) is 0.368. The normalized spacial score (nSPS) is 11.5. The summed E-state index contributed by atoms with van der Waals surface area (Å²) in [5.74, 6) is 0.605. The first-order chi connectivity index (χ1) is 13.9. The lowest BCUT2D eigenvalue weighted by atomic mass is 10.1. The topological polar surface area (TPSA) is 83.1 Å². The van der Waals surface area contributed by atoms with Crippen LogP contribution in [0.3, 0.4) is 0 Å². The van der Waals surface area contributed by atoms with Crippen molar-refractivity contribution in [1.82, 2.24) is 4.72 Å². The first-order valence-electron chi connectivity index (χ1n) is 8.69. The van der Waals surface area contributed by atoms with E-state index in [1.807, 2.05) is 0 Å². The van der Waals surface area contributed by atoms with Gasteiger partial charge in [0.1, 0.15) is 12.4 Å². The molecule has 0 aliphatic rings. The molecule has 2 aromatic rings. The molecule has 0 atom stereocenters. The van der Waals surface area contributed by atoms with Crippen molar-refractivity contribution >= 4 is 10.0 Å². The van der Waals surface area contributed by atoms with Crippen molar-refractivity contribution in [3.05, 3.63) is 48.0 Å². The molecule has 29 heavy (non-hydrogen) atoms. The number of hydrogen-bond donors (Lipinski definition) is 1. The highest BCUT2D eigenvalue weighted by molar-refractivity contribution is 7.89. The van der Waals surface area contributed by atoms with Gasteiger partial charge in [-0.25, -0.2) is 13.1 Å². The first kappa shape index (κ1) is 22.9. The van der Waals surface area contributed by atoms with E-state index in [9.17, 15) is 17.2 Å². The quantitative estimate of drug-likeness (QED) is 0.521. The minimum atomic E-state index is -3.70. The number of benzene rings is 2. The van der Waals surface area contributed by atoms with Crippen LogP contribution < -0.4 is 18.9 Å². The zero-order valence-electron chi connectivity index (χ0n) is 16.1. The summed E-state index contributed by atoms with van der Waals surface area (Å²) in [6.45, 7) is -2.04. The van der Waals surface area contributed by atoms with E-state index in [0.29, 0.717) is 30.9 Å². The van der Waals surface area contributed by atoms with E-state index < -0.39 is 16.6 Å². The van der Waals surface area contributed by atoms with Gasteiger partial charge in [0, 0.05) is 13.7 Å². The third-order valence-corrected chi connectivity index (χ3v) is 5.32. The molecule has 2 aromatic carbocycles. The van der Waals surface area contributed by atoms with E-state index in [2.05, 4.69) is 9.46 Å². The van der Waals surface area contributed by atoms with Crippen LogP contribution >= 0.6 is 0 Å². The molecule has 0 fully saturated rings. The van der Waals surface area contributed by atoms with Crippen molar-refractivity contribution in [2.45, 2.75) is 17.9 Å². The lowest BCUT2D eigenvalue weighted by Gasteiger charge is -2.12. The Kier molecular flexibility index (Phi) is 8.62. The van der Waals surface area contributed by atoms with Crippen LogP contribution in [0.4, 0.5) is 8.78 Å². The Labute approximate surface area is 168 Å². The highest BCUT2D eigenvalue weighted by Crippen LogP contribution is 2.29. The van der Waals surface area contributed by atoms with Crippen LogP contribution in [0.5, 0.6) is 17.2 Å². The van der Waals surface area contributed by atoms with Crippen LogP contribution in [0.2, 0.25) is 0 Å². The van der Waals surface area contributed by atoms with Crippen molar-refractivity contribution in [2.75, 3.05) is 34.0 Å². The zero-order chi connectivity index (χ0) is 21.3. The molecule has 0 saturated carbocycles. The molecule has 0 aliphatic heterocycles. The smallest absolute Gasteiger partial charge is 0.387 e. The molecule has 160 valence electrons. The molecule has 0 unspecified atom stereocenters. The molecule has 1 N–H and O–H groups in total. The Hall–Kier alpha value is -2.43. The van der Waals surface area contributed by atoms with E-state index in [4.69, 9.17) is 14.2 Å². The molecule has 0 bridgehead atoms. The molecule has 0 aromatic heterocycles. The fourth-order valence-corrected chi connectivity index (χ4v) is 3.46. The largest absolute Gasteiger partial charge is 0.493 e. The molecule has 10 heteroatoms. The Morgan fingerprint density at radius 2 is 1.72 bits per heavy atom. The Morgan fingerprint density at radius 1 is 1.00 bits per heavy atom. The molecule has 0 saturated heterocycles. The number of hydrogen-bond acceptors (Lipinski definition) is 6. The van der Waals surface area contributed by atoms with Crippen molar-refractivity contribution in [3.63, 3.8) is 0 Å². The van der Waals surface area contributed by atoms with Gasteiger partial charge in [-0.05, 0) is 48.4 Å². The third-order valence-electron chi connectivity index (χ3n) is 3.84. The van der Waals surface area contributed by atoms with Crippen LogP contribution in [0.1, 0.15) is 5.56 Å². The van der Waals surface area contributed by atoms with E-state index in [1.165, 1.54) is 31.4 Å². The van der Waals surface area contributed by atoms with Crippen molar-refractivity contribution < 1.29 is 36.1 Å². The van der Waals surface area contributed by atoms with Crippen LogP contribution in [0, 0.1) is 0 Å². The summed E-state index contributed by atoms with van der Waals surface area (Å²) in [5, 5.41) is 0. The summed E-state index contributed by atoms with van der Waals surface area (Å²) in [6, 6.07) is 10.5. The second-order valence-corrected chi connectivity index (χ2v) is 7.59. The molecular formula is C19H23F2NO6S. The molecule has 0 aliphatic carbocycles. The standard InChI is InChI=1S/C19H23F2NO6S/c1-25-11-12-27-15-4-6-16(7-5-15)29(23,24)22-10-9-14-3-8-17(28-19(20)21)18(13-14)26-2/h3-8,13,19,22H,9-12H2,1-2H3. The predicted octanol–water partition coefficient (Wildman–Crippen LogP) is 2.84. The minimum Gasteiger partial charge on any atom is -0.493 e. The lowest BCUT2D eigenvalue weighted by molar-refractivity contribution is -0.0512. The monoisotopic (exact) mass is 431 g/mol. The second kappa shape index (κ2) is 10.9. The van der Waals surface area contributed by atoms with E-state index in [1.54, 1.807) is 25.3 Å².